The molecule has 3 nitrogen and oxygen atoms in total. The van der Waals surface area contributed by atoms with Crippen molar-refractivity contribution < 1.29 is 4.79 Å². The average Bonchev–Trinajstić information content (AvgIpc) is 3.17. The van der Waals surface area contributed by atoms with Crippen molar-refractivity contribution >= 4 is 40.6 Å². The van der Waals surface area contributed by atoms with Crippen molar-refractivity contribution in [1.82, 2.24) is 4.57 Å². The quantitative estimate of drug-likeness (QED) is 0.678. The Morgan fingerprint density at radius 1 is 1.21 bits per heavy atom. The number of Topliss-reactive ketones (excluding diaryl/α,β-unsaturated/α-hetero) is 1. The van der Waals surface area contributed by atoms with Crippen LogP contribution in [-0.4, -0.2) is 10.4 Å². The third-order valence-corrected chi connectivity index (χ3v) is 5.80. The molecule has 2 heterocycles. The first-order valence-corrected chi connectivity index (χ1v) is 9.19. The number of thiazole rings is 1. The number of benzene rings is 1. The van der Waals surface area contributed by atoms with Gasteiger partial charge in [0.25, 0.3) is 5.56 Å². The second-order valence-corrected chi connectivity index (χ2v) is 7.67. The number of carbonyl (C=O) groups is 1. The van der Waals surface area contributed by atoms with Gasteiger partial charge in [0.2, 0.25) is 0 Å². The summed E-state index contributed by atoms with van der Waals surface area (Å²) in [4.78, 5) is 25.4. The minimum absolute atomic E-state index is 0.0693. The van der Waals surface area contributed by atoms with Gasteiger partial charge in [-0.15, -0.1) is 22.7 Å². The maximum atomic E-state index is 12.5. The molecule has 5 heteroatoms. The summed E-state index contributed by atoms with van der Waals surface area (Å²) < 4.78 is 2.83. The van der Waals surface area contributed by atoms with Crippen molar-refractivity contribution in [2.24, 2.45) is 7.05 Å². The molecular formula is C19H17NO2S2. The monoisotopic (exact) mass is 355 g/mol. The SMILES string of the molecule is Cc1ccc(C)c(/C=c2\s/c(=C\C(=O)c3cccs3)n(C)c2=O)c1. The summed E-state index contributed by atoms with van der Waals surface area (Å²) in [6, 6.07) is 9.80. The Hall–Kier alpha value is -2.24. The first-order chi connectivity index (χ1) is 11.5. The van der Waals surface area contributed by atoms with Crippen LogP contribution in [0.1, 0.15) is 26.4 Å². The van der Waals surface area contributed by atoms with Crippen LogP contribution < -0.4 is 14.8 Å². The van der Waals surface area contributed by atoms with Crippen LogP contribution in [0.15, 0.2) is 40.5 Å². The van der Waals surface area contributed by atoms with E-state index in [1.165, 1.54) is 27.2 Å². The first-order valence-electron chi connectivity index (χ1n) is 7.50. The molecule has 0 aliphatic carbocycles. The molecule has 0 spiro atoms. The third kappa shape index (κ3) is 3.32. The zero-order valence-corrected chi connectivity index (χ0v) is 15.3. The number of hydrogen-bond donors (Lipinski definition) is 0. The fourth-order valence-electron chi connectivity index (χ4n) is 2.37. The Labute approximate surface area is 147 Å². The molecule has 3 rings (SSSR count). The Kier molecular flexibility index (Phi) is 4.64. The summed E-state index contributed by atoms with van der Waals surface area (Å²) in [6.07, 6.45) is 3.45. The molecule has 122 valence electrons. The van der Waals surface area contributed by atoms with E-state index < -0.39 is 0 Å². The molecule has 0 bridgehead atoms. The van der Waals surface area contributed by atoms with Gasteiger partial charge in [0, 0.05) is 13.1 Å². The summed E-state index contributed by atoms with van der Waals surface area (Å²) in [5, 5.41) is 1.87. The summed E-state index contributed by atoms with van der Waals surface area (Å²) in [5.74, 6) is -0.0693. The molecule has 0 N–H and O–H groups in total. The zero-order valence-electron chi connectivity index (χ0n) is 13.7. The molecule has 0 aliphatic heterocycles. The van der Waals surface area contributed by atoms with Gasteiger partial charge in [0.1, 0.15) is 4.66 Å². The van der Waals surface area contributed by atoms with E-state index in [1.54, 1.807) is 19.2 Å². The Bertz CT molecular complexity index is 1070. The largest absolute Gasteiger partial charge is 0.302 e. The minimum Gasteiger partial charge on any atom is -0.302 e. The van der Waals surface area contributed by atoms with E-state index in [1.807, 2.05) is 37.4 Å². The molecule has 1 aromatic carbocycles. The van der Waals surface area contributed by atoms with E-state index in [0.717, 1.165) is 16.7 Å². The summed E-state index contributed by atoms with van der Waals surface area (Å²) in [5.41, 5.74) is 3.23. The fraction of sp³-hybridized carbons (Fsp3) is 0.158. The van der Waals surface area contributed by atoms with Crippen LogP contribution in [0.25, 0.3) is 12.2 Å². The molecular weight excluding hydrogens is 338 g/mol. The lowest BCUT2D eigenvalue weighted by Gasteiger charge is -2.00. The maximum absolute atomic E-state index is 12.5. The highest BCUT2D eigenvalue weighted by Crippen LogP contribution is 2.11. The number of thiophene rings is 1. The van der Waals surface area contributed by atoms with Gasteiger partial charge in [0.15, 0.2) is 5.78 Å². The van der Waals surface area contributed by atoms with Crippen LogP contribution in [0.4, 0.5) is 0 Å². The molecule has 0 aliphatic rings. The van der Waals surface area contributed by atoms with Gasteiger partial charge in [-0.1, -0.05) is 29.8 Å². The normalized spacial score (nSPS) is 12.8. The van der Waals surface area contributed by atoms with E-state index in [4.69, 9.17) is 0 Å². The fourth-order valence-corrected chi connectivity index (χ4v) is 4.02. The second kappa shape index (κ2) is 6.71. The van der Waals surface area contributed by atoms with Crippen LogP contribution in [0.2, 0.25) is 0 Å². The Balaban J connectivity index is 2.12. The maximum Gasteiger partial charge on any atom is 0.268 e. The number of ketones is 1. The number of rotatable bonds is 3. The molecule has 0 unspecified atom stereocenters. The van der Waals surface area contributed by atoms with Gasteiger partial charge in [0.05, 0.1) is 9.41 Å². The highest BCUT2D eigenvalue weighted by Gasteiger charge is 2.06. The lowest BCUT2D eigenvalue weighted by molar-refractivity contribution is 0.106. The van der Waals surface area contributed by atoms with Crippen LogP contribution in [0.5, 0.6) is 0 Å². The molecule has 0 saturated carbocycles. The Morgan fingerprint density at radius 2 is 2.00 bits per heavy atom. The van der Waals surface area contributed by atoms with Crippen LogP contribution in [0, 0.1) is 13.8 Å². The number of aryl methyl sites for hydroxylation is 2. The first kappa shape index (κ1) is 16.6. The van der Waals surface area contributed by atoms with Crippen molar-refractivity contribution in [3.05, 3.63) is 76.8 Å². The molecule has 0 radical (unpaired) electrons. The van der Waals surface area contributed by atoms with E-state index in [0.29, 0.717) is 14.1 Å². The van der Waals surface area contributed by atoms with E-state index in [9.17, 15) is 9.59 Å². The van der Waals surface area contributed by atoms with Crippen molar-refractivity contribution in [3.63, 3.8) is 0 Å². The Morgan fingerprint density at radius 3 is 2.71 bits per heavy atom. The molecule has 0 atom stereocenters. The summed E-state index contributed by atoms with van der Waals surface area (Å²) in [7, 11) is 1.70. The van der Waals surface area contributed by atoms with Crippen LogP contribution in [0.3, 0.4) is 0 Å². The summed E-state index contributed by atoms with van der Waals surface area (Å²) in [6.45, 7) is 4.05. The van der Waals surface area contributed by atoms with Gasteiger partial charge < -0.3 is 4.57 Å². The van der Waals surface area contributed by atoms with E-state index >= 15 is 0 Å². The number of nitrogens with zero attached hydrogens (tertiary/aromatic N) is 1. The number of hydrogen-bond acceptors (Lipinski definition) is 4. The lowest BCUT2D eigenvalue weighted by Crippen LogP contribution is -2.29. The standard InChI is InChI=1S/C19H17NO2S2/c1-12-6-7-13(2)14(9-12)10-17-19(22)20(3)18(24-17)11-15(21)16-5-4-8-23-16/h4-11H,1-3H3/b17-10-,18-11-. The van der Waals surface area contributed by atoms with E-state index in [2.05, 4.69) is 12.1 Å². The predicted octanol–water partition coefficient (Wildman–Crippen LogP) is 2.62. The highest BCUT2D eigenvalue weighted by molar-refractivity contribution is 7.12. The molecule has 3 aromatic rings. The van der Waals surface area contributed by atoms with Gasteiger partial charge in [-0.05, 0) is 42.5 Å². The van der Waals surface area contributed by atoms with Crippen molar-refractivity contribution in [2.45, 2.75) is 13.8 Å². The number of carbonyl (C=O) groups excluding carboxylic acids is 1. The second-order valence-electron chi connectivity index (χ2n) is 5.66. The average molecular weight is 355 g/mol. The molecule has 0 fully saturated rings. The lowest BCUT2D eigenvalue weighted by atomic mass is 10.1. The number of aromatic nitrogens is 1. The third-order valence-electron chi connectivity index (χ3n) is 3.80. The molecule has 0 saturated heterocycles. The van der Waals surface area contributed by atoms with Crippen LogP contribution >= 0.6 is 22.7 Å². The minimum atomic E-state index is -0.0777. The topological polar surface area (TPSA) is 39.1 Å². The predicted molar refractivity (Wildman–Crippen MR) is 101 cm³/mol. The van der Waals surface area contributed by atoms with Crippen molar-refractivity contribution in [3.8, 4) is 0 Å². The molecule has 2 aromatic heterocycles. The van der Waals surface area contributed by atoms with Gasteiger partial charge in [-0.2, -0.15) is 0 Å². The molecule has 0 amide bonds. The zero-order chi connectivity index (χ0) is 17.3. The highest BCUT2D eigenvalue weighted by atomic mass is 32.1. The van der Waals surface area contributed by atoms with Crippen LogP contribution in [-0.2, 0) is 7.05 Å². The van der Waals surface area contributed by atoms with Crippen molar-refractivity contribution in [1.29, 1.82) is 0 Å². The van der Waals surface area contributed by atoms with Gasteiger partial charge >= 0.3 is 0 Å². The van der Waals surface area contributed by atoms with Gasteiger partial charge in [-0.25, -0.2) is 0 Å². The van der Waals surface area contributed by atoms with Crippen molar-refractivity contribution in [2.75, 3.05) is 0 Å². The smallest absolute Gasteiger partial charge is 0.268 e. The van der Waals surface area contributed by atoms with Gasteiger partial charge in [-0.3, -0.25) is 9.59 Å². The van der Waals surface area contributed by atoms with E-state index in [-0.39, 0.29) is 11.3 Å². The summed E-state index contributed by atoms with van der Waals surface area (Å²) >= 11 is 2.75. The molecule has 24 heavy (non-hydrogen) atoms.